The van der Waals surface area contributed by atoms with Crippen LogP contribution >= 0.6 is 11.8 Å². The summed E-state index contributed by atoms with van der Waals surface area (Å²) in [6.07, 6.45) is 0.462. The van der Waals surface area contributed by atoms with Crippen LogP contribution in [0.4, 0.5) is 5.69 Å². The first kappa shape index (κ1) is 13.0. The Bertz CT molecular complexity index is 483. The summed E-state index contributed by atoms with van der Waals surface area (Å²) in [5, 5.41) is 12.9. The average molecular weight is 259 g/mol. The third kappa shape index (κ3) is 3.51. The highest BCUT2D eigenvalue weighted by atomic mass is 32.2. The number of amidine groups is 1. The molecule has 94 valence electrons. The van der Waals surface area contributed by atoms with Gasteiger partial charge in [0, 0.05) is 18.0 Å². The second-order valence-corrected chi connectivity index (χ2v) is 6.20. The van der Waals surface area contributed by atoms with Gasteiger partial charge in [-0.15, -0.1) is 0 Å². The number of nitrogens with one attached hydrogen (secondary N) is 1. The molecule has 0 unspecified atom stereocenters. The fraction of sp³-hybridized carbons (Fsp3) is 0.429. The van der Waals surface area contributed by atoms with E-state index in [0.717, 1.165) is 28.7 Å². The minimum absolute atomic E-state index is 0.298. The van der Waals surface area contributed by atoms with E-state index in [-0.39, 0.29) is 0 Å². The Balaban J connectivity index is 1.98. The van der Waals surface area contributed by atoms with Crippen LogP contribution in [0.25, 0.3) is 0 Å². The fourth-order valence-corrected chi connectivity index (χ4v) is 2.60. The number of benzene rings is 1. The minimum atomic E-state index is 0.298. The highest BCUT2D eigenvalue weighted by molar-refractivity contribution is 8.14. The molecule has 3 nitrogen and oxygen atoms in total. The van der Waals surface area contributed by atoms with Gasteiger partial charge in [0.2, 0.25) is 0 Å². The molecule has 1 aromatic carbocycles. The number of nitriles is 1. The second kappa shape index (κ2) is 5.45. The van der Waals surface area contributed by atoms with Crippen molar-refractivity contribution in [2.45, 2.75) is 20.3 Å². The van der Waals surface area contributed by atoms with Gasteiger partial charge in [-0.05, 0) is 23.1 Å². The molecule has 0 spiro atoms. The molecule has 0 atom stereocenters. The van der Waals surface area contributed by atoms with Crippen LogP contribution in [-0.4, -0.2) is 17.5 Å². The first-order valence-electron chi connectivity index (χ1n) is 5.99. The van der Waals surface area contributed by atoms with E-state index >= 15 is 0 Å². The van der Waals surface area contributed by atoms with E-state index in [1.54, 1.807) is 11.8 Å². The zero-order valence-corrected chi connectivity index (χ0v) is 11.5. The van der Waals surface area contributed by atoms with Crippen LogP contribution in [-0.2, 0) is 6.42 Å². The molecule has 0 fully saturated rings. The number of hydrogen-bond donors (Lipinski definition) is 1. The molecule has 1 aliphatic heterocycles. The lowest BCUT2D eigenvalue weighted by molar-refractivity contribution is 0.438. The number of rotatable bonds is 2. The Morgan fingerprint density at radius 3 is 2.67 bits per heavy atom. The normalized spacial score (nSPS) is 17.7. The number of hydrogen-bond acceptors (Lipinski definition) is 4. The van der Waals surface area contributed by atoms with Crippen LogP contribution in [0.5, 0.6) is 0 Å². The van der Waals surface area contributed by atoms with Gasteiger partial charge in [-0.3, -0.25) is 4.99 Å². The Hall–Kier alpha value is -1.47. The van der Waals surface area contributed by atoms with Gasteiger partial charge in [0.1, 0.15) is 0 Å². The Morgan fingerprint density at radius 1 is 1.39 bits per heavy atom. The van der Waals surface area contributed by atoms with Crippen LogP contribution in [0.2, 0.25) is 0 Å². The molecule has 0 saturated carbocycles. The summed E-state index contributed by atoms with van der Waals surface area (Å²) in [4.78, 5) is 4.55. The largest absolute Gasteiger partial charge is 0.335 e. The lowest BCUT2D eigenvalue weighted by atomic mass is 9.97. The lowest BCUT2D eigenvalue weighted by Crippen LogP contribution is -2.27. The van der Waals surface area contributed by atoms with Crippen molar-refractivity contribution in [2.75, 3.05) is 17.6 Å². The smallest absolute Gasteiger partial charge is 0.161 e. The van der Waals surface area contributed by atoms with E-state index < -0.39 is 0 Å². The van der Waals surface area contributed by atoms with Crippen LogP contribution in [0, 0.1) is 16.7 Å². The van der Waals surface area contributed by atoms with Gasteiger partial charge in [-0.1, -0.05) is 37.7 Å². The molecule has 4 heteroatoms. The van der Waals surface area contributed by atoms with Gasteiger partial charge in [0.25, 0.3) is 0 Å². The van der Waals surface area contributed by atoms with E-state index in [0.29, 0.717) is 11.8 Å². The predicted octanol–water partition coefficient (Wildman–Crippen LogP) is 3.29. The zero-order valence-electron chi connectivity index (χ0n) is 10.7. The van der Waals surface area contributed by atoms with E-state index in [1.807, 2.05) is 24.3 Å². The van der Waals surface area contributed by atoms with Crippen molar-refractivity contribution < 1.29 is 0 Å². The fourth-order valence-electron chi connectivity index (χ4n) is 1.64. The summed E-state index contributed by atoms with van der Waals surface area (Å²) in [7, 11) is 0. The number of anilines is 1. The number of thioether (sulfide) groups is 1. The molecule has 1 N–H and O–H groups in total. The molecule has 0 aromatic heterocycles. The summed E-state index contributed by atoms with van der Waals surface area (Å²) in [6.45, 7) is 5.34. The summed E-state index contributed by atoms with van der Waals surface area (Å²) in [6, 6.07) is 10.1. The highest BCUT2D eigenvalue weighted by Gasteiger charge is 2.23. The second-order valence-electron chi connectivity index (χ2n) is 5.23. The maximum absolute atomic E-state index is 8.61. The van der Waals surface area contributed by atoms with Crippen molar-refractivity contribution in [3.05, 3.63) is 29.8 Å². The van der Waals surface area contributed by atoms with Crippen LogP contribution in [0.15, 0.2) is 29.3 Å². The summed E-state index contributed by atoms with van der Waals surface area (Å²) in [5.41, 5.74) is 2.37. The molecule has 2 rings (SSSR count). The SMILES string of the molecule is CC1(C)CN=C(Nc2ccc(CC#N)cc2)SC1. The van der Waals surface area contributed by atoms with Crippen LogP contribution in [0.1, 0.15) is 19.4 Å². The molecule has 0 radical (unpaired) electrons. The highest BCUT2D eigenvalue weighted by Crippen LogP contribution is 2.28. The van der Waals surface area contributed by atoms with Crippen molar-refractivity contribution in [1.82, 2.24) is 0 Å². The Labute approximate surface area is 112 Å². The first-order valence-corrected chi connectivity index (χ1v) is 6.98. The van der Waals surface area contributed by atoms with Crippen molar-refractivity contribution in [3.8, 4) is 6.07 Å². The maximum atomic E-state index is 8.61. The first-order chi connectivity index (χ1) is 8.59. The summed E-state index contributed by atoms with van der Waals surface area (Å²) < 4.78 is 0. The van der Waals surface area contributed by atoms with Crippen molar-refractivity contribution in [2.24, 2.45) is 10.4 Å². The quantitative estimate of drug-likeness (QED) is 0.886. The third-order valence-corrected chi connectivity index (χ3v) is 4.17. The van der Waals surface area contributed by atoms with E-state index in [2.05, 4.69) is 30.2 Å². The minimum Gasteiger partial charge on any atom is -0.335 e. The van der Waals surface area contributed by atoms with E-state index in [9.17, 15) is 0 Å². The van der Waals surface area contributed by atoms with Crippen molar-refractivity contribution >= 4 is 22.6 Å². The van der Waals surface area contributed by atoms with Crippen molar-refractivity contribution in [3.63, 3.8) is 0 Å². The lowest BCUT2D eigenvalue weighted by Gasteiger charge is -2.27. The van der Waals surface area contributed by atoms with E-state index in [1.165, 1.54) is 0 Å². The summed E-state index contributed by atoms with van der Waals surface area (Å²) in [5.74, 6) is 1.09. The molecule has 1 aromatic rings. The molecular weight excluding hydrogens is 242 g/mol. The van der Waals surface area contributed by atoms with Crippen molar-refractivity contribution in [1.29, 1.82) is 5.26 Å². The predicted molar refractivity (Wildman–Crippen MR) is 77.9 cm³/mol. The maximum Gasteiger partial charge on any atom is 0.161 e. The summed E-state index contributed by atoms with van der Waals surface area (Å²) >= 11 is 1.77. The van der Waals surface area contributed by atoms with Gasteiger partial charge in [-0.25, -0.2) is 0 Å². The molecule has 1 heterocycles. The van der Waals surface area contributed by atoms with Crippen LogP contribution in [0.3, 0.4) is 0 Å². The van der Waals surface area contributed by atoms with E-state index in [4.69, 9.17) is 5.26 Å². The molecule has 18 heavy (non-hydrogen) atoms. The average Bonchev–Trinajstić information content (AvgIpc) is 2.35. The molecule has 0 aliphatic carbocycles. The third-order valence-electron chi connectivity index (χ3n) is 2.74. The van der Waals surface area contributed by atoms with Gasteiger partial charge < -0.3 is 5.32 Å². The molecule has 0 amide bonds. The molecule has 1 aliphatic rings. The molecule has 0 bridgehead atoms. The zero-order chi connectivity index (χ0) is 13.0. The number of aliphatic imine (C=N–C) groups is 1. The molecular formula is C14H17N3S. The van der Waals surface area contributed by atoms with Gasteiger partial charge in [0.05, 0.1) is 12.5 Å². The van der Waals surface area contributed by atoms with Crippen LogP contribution < -0.4 is 5.32 Å². The topological polar surface area (TPSA) is 48.2 Å². The standard InChI is InChI=1S/C14H17N3S/c1-14(2)9-16-13(18-10-14)17-12-5-3-11(4-6-12)7-8-15/h3-6H,7,9-10H2,1-2H3,(H,16,17). The number of nitrogens with zero attached hydrogens (tertiary/aromatic N) is 2. The van der Waals surface area contributed by atoms with Gasteiger partial charge in [0.15, 0.2) is 5.17 Å². The Kier molecular flexibility index (Phi) is 3.93. The monoisotopic (exact) mass is 259 g/mol. The van der Waals surface area contributed by atoms with Gasteiger partial charge in [-0.2, -0.15) is 5.26 Å². The van der Waals surface area contributed by atoms with Gasteiger partial charge >= 0.3 is 0 Å². The Morgan fingerprint density at radius 2 is 2.11 bits per heavy atom. The molecule has 0 saturated heterocycles.